The third kappa shape index (κ3) is 5.65. The highest BCUT2D eigenvalue weighted by Crippen LogP contribution is 2.18. The summed E-state index contributed by atoms with van der Waals surface area (Å²) in [5.41, 5.74) is 0. The summed E-state index contributed by atoms with van der Waals surface area (Å²) in [4.78, 5) is 89.6. The molecule has 0 amide bonds. The van der Waals surface area contributed by atoms with Crippen LogP contribution >= 0.6 is 0 Å². The number of hydrazone groups is 4. The molecule has 1 aliphatic rings. The lowest BCUT2D eigenvalue weighted by Crippen LogP contribution is -2.69. The van der Waals surface area contributed by atoms with Crippen molar-refractivity contribution in [3.8, 4) is 0 Å². The van der Waals surface area contributed by atoms with Crippen LogP contribution in [-0.2, 0) is 0 Å². The average molecular weight is 528 g/mol. The summed E-state index contributed by atoms with van der Waals surface area (Å²) in [6.07, 6.45) is 0. The first-order valence-electron chi connectivity index (χ1n) is 7.20. The Hall–Kier alpha value is -6.92. The van der Waals surface area contributed by atoms with E-state index in [2.05, 4.69) is 20.4 Å². The van der Waals surface area contributed by atoms with Crippen molar-refractivity contribution in [1.29, 1.82) is 0 Å². The van der Waals surface area contributed by atoms with Crippen LogP contribution in [-0.4, -0.2) is 84.1 Å². The summed E-state index contributed by atoms with van der Waals surface area (Å²) in [7, 11) is 0. The molecule has 192 valence electrons. The van der Waals surface area contributed by atoms with E-state index in [1.54, 1.807) is 0 Å². The predicted molar refractivity (Wildman–Crippen MR) is 93.1 cm³/mol. The van der Waals surface area contributed by atoms with Gasteiger partial charge in [0.25, 0.3) is 0 Å². The number of hydrazine groups is 4. The Balaban J connectivity index is 4.63. The summed E-state index contributed by atoms with van der Waals surface area (Å²) < 4.78 is 0. The zero-order valence-electron chi connectivity index (χ0n) is 15.7. The molecule has 1 aliphatic heterocycles. The minimum atomic E-state index is -2.60. The fourth-order valence-corrected chi connectivity index (χ4v) is 1.93. The number of nitro groups is 8. The molecule has 0 N–H and O–H groups in total. The predicted octanol–water partition coefficient (Wildman–Crippen LogP) is -3.83. The van der Waals surface area contributed by atoms with Crippen molar-refractivity contribution in [2.24, 2.45) is 20.4 Å². The molecule has 0 unspecified atom stereocenters. The SMILES string of the molecule is O=[N+]([O-])N=C1N([N+](=O)[O-])C(=N[N+](=O)[O-])N([N+](=O)[O-])C(=N[N+](=O)[O-])N([N+](=O)[O-])C(=N[N+](=O)[O-])N1[N+](=O)[O-]. The molecule has 36 heavy (non-hydrogen) atoms. The maximum atomic E-state index is 11.5. The van der Waals surface area contributed by atoms with Crippen LogP contribution in [0.3, 0.4) is 0 Å². The van der Waals surface area contributed by atoms with E-state index >= 15 is 0 Å². The highest BCUT2D eigenvalue weighted by Gasteiger charge is 2.63. The molecule has 0 aromatic carbocycles. The van der Waals surface area contributed by atoms with E-state index < -0.39 is 84.1 Å². The van der Waals surface area contributed by atoms with Gasteiger partial charge in [-0.05, 0) is 0 Å². The van der Waals surface area contributed by atoms with Crippen molar-refractivity contribution >= 4 is 23.8 Å². The van der Waals surface area contributed by atoms with E-state index in [0.717, 1.165) is 0 Å². The van der Waals surface area contributed by atoms with E-state index in [0.29, 0.717) is 0 Å². The first-order valence-corrected chi connectivity index (χ1v) is 7.20. The molecule has 0 aromatic rings. The van der Waals surface area contributed by atoms with Crippen molar-refractivity contribution in [3.63, 3.8) is 0 Å². The molecule has 0 aromatic heterocycles. The normalized spacial score (nSPS) is 13.8. The molecule has 0 radical (unpaired) electrons. The lowest BCUT2D eigenvalue weighted by Gasteiger charge is -2.24. The van der Waals surface area contributed by atoms with Gasteiger partial charge in [0.15, 0.2) is 40.3 Å². The topological polar surface area (TPSA) is 408 Å². The minimum absolute atomic E-state index is 1.42. The molecule has 32 nitrogen and oxygen atoms in total. The molecule has 0 spiro atoms. The second-order valence-electron chi connectivity index (χ2n) is 4.75. The molecule has 1 rings (SSSR count). The smallest absolute Gasteiger partial charge is 0.234 e. The van der Waals surface area contributed by atoms with Gasteiger partial charge in [-0.1, -0.05) is 0 Å². The highest BCUT2D eigenvalue weighted by molar-refractivity contribution is 6.13. The number of rotatable bonds is 8. The number of hydrogen-bond acceptors (Lipinski definition) is 16. The van der Waals surface area contributed by atoms with Gasteiger partial charge in [0.2, 0.25) is 0 Å². The Morgan fingerprint density at radius 3 is 0.583 bits per heavy atom. The standard InChI is InChI=1S/C4N16O16/c21-13(22)5-1-9(17(29)30)2(6-14(23)24)11(19(33)34)4(8-16(27)28)12(20(35)36)3(7-15(25)26)10(1)18(31)32. The Morgan fingerprint density at radius 2 is 0.500 bits per heavy atom. The molecule has 1 heterocycles. The maximum absolute atomic E-state index is 11.5. The summed E-state index contributed by atoms with van der Waals surface area (Å²) >= 11 is 0. The maximum Gasteiger partial charge on any atom is 0.413 e. The monoisotopic (exact) mass is 528 g/mol. The van der Waals surface area contributed by atoms with Crippen LogP contribution in [0.1, 0.15) is 0 Å². The minimum Gasteiger partial charge on any atom is -0.234 e. The van der Waals surface area contributed by atoms with Crippen molar-refractivity contribution in [1.82, 2.24) is 20.0 Å². The van der Waals surface area contributed by atoms with Crippen LogP contribution in [0, 0.1) is 80.9 Å². The van der Waals surface area contributed by atoms with Crippen LogP contribution in [0.5, 0.6) is 0 Å². The first-order chi connectivity index (χ1) is 16.5. The van der Waals surface area contributed by atoms with E-state index in [9.17, 15) is 80.9 Å². The summed E-state index contributed by atoms with van der Waals surface area (Å²) in [6.45, 7) is 0. The largest absolute Gasteiger partial charge is 0.413 e. The molecular formula is C4N16O16. The fourth-order valence-electron chi connectivity index (χ4n) is 1.93. The van der Waals surface area contributed by atoms with Gasteiger partial charge in [-0.25, -0.2) is 80.9 Å². The molecule has 0 atom stereocenters. The molecule has 0 saturated carbocycles. The molecule has 1 saturated heterocycles. The second kappa shape index (κ2) is 10.1. The summed E-state index contributed by atoms with van der Waals surface area (Å²) in [5, 5.41) is 75.4. The van der Waals surface area contributed by atoms with Crippen LogP contribution in [0.25, 0.3) is 0 Å². The van der Waals surface area contributed by atoms with Crippen LogP contribution < -0.4 is 0 Å². The zero-order chi connectivity index (χ0) is 28.1. The Morgan fingerprint density at radius 1 is 0.361 bits per heavy atom. The second-order valence-corrected chi connectivity index (χ2v) is 4.75. The van der Waals surface area contributed by atoms with Gasteiger partial charge in [-0.15, -0.1) is 0 Å². The van der Waals surface area contributed by atoms with E-state index in [4.69, 9.17) is 0 Å². The van der Waals surface area contributed by atoms with Crippen LogP contribution in [0.15, 0.2) is 20.4 Å². The van der Waals surface area contributed by atoms with Gasteiger partial charge >= 0.3 is 23.8 Å². The number of guanidine groups is 4. The van der Waals surface area contributed by atoms with E-state index in [-0.39, 0.29) is 0 Å². The fraction of sp³-hybridized carbons (Fsp3) is 0. The van der Waals surface area contributed by atoms with Gasteiger partial charge in [-0.2, -0.15) is 0 Å². The number of hydrogen-bond donors (Lipinski definition) is 0. The molecule has 0 aliphatic carbocycles. The molecular weight excluding hydrogens is 528 g/mol. The van der Waals surface area contributed by atoms with Crippen molar-refractivity contribution in [2.45, 2.75) is 0 Å². The molecule has 1 fully saturated rings. The third-order valence-electron chi connectivity index (χ3n) is 2.85. The average Bonchev–Trinajstić information content (AvgIpc) is 2.64. The Bertz CT molecular complexity index is 986. The first kappa shape index (κ1) is 27.1. The van der Waals surface area contributed by atoms with E-state index in [1.165, 1.54) is 0 Å². The van der Waals surface area contributed by atoms with Gasteiger partial charge in [0.05, 0.1) is 0 Å². The summed E-state index contributed by atoms with van der Waals surface area (Å²) in [6, 6.07) is 0. The third-order valence-corrected chi connectivity index (χ3v) is 2.85. The highest BCUT2D eigenvalue weighted by atomic mass is 16.7. The lowest BCUT2D eigenvalue weighted by atomic mass is 10.6. The quantitative estimate of drug-likeness (QED) is 0.215. The zero-order valence-corrected chi connectivity index (χ0v) is 15.7. The van der Waals surface area contributed by atoms with Gasteiger partial charge in [0.1, 0.15) is 20.4 Å². The molecule has 0 bridgehead atoms. The van der Waals surface area contributed by atoms with Crippen molar-refractivity contribution < 1.29 is 40.3 Å². The number of nitrogens with zero attached hydrogens (tertiary/aromatic N) is 16. The van der Waals surface area contributed by atoms with Crippen molar-refractivity contribution in [2.75, 3.05) is 0 Å². The molecule has 32 heteroatoms. The van der Waals surface area contributed by atoms with Crippen LogP contribution in [0.2, 0.25) is 0 Å². The van der Waals surface area contributed by atoms with Crippen molar-refractivity contribution in [3.05, 3.63) is 80.9 Å². The Kier molecular flexibility index (Phi) is 7.63. The lowest BCUT2D eigenvalue weighted by molar-refractivity contribution is -0.677. The van der Waals surface area contributed by atoms with Crippen LogP contribution in [0.4, 0.5) is 0 Å². The van der Waals surface area contributed by atoms with Gasteiger partial charge in [-0.3, -0.25) is 0 Å². The summed E-state index contributed by atoms with van der Waals surface area (Å²) in [5.74, 6) is -10.4. The van der Waals surface area contributed by atoms with Gasteiger partial charge < -0.3 is 0 Å². The van der Waals surface area contributed by atoms with Gasteiger partial charge in [0, 0.05) is 20.0 Å². The van der Waals surface area contributed by atoms with E-state index in [1.807, 2.05) is 0 Å². The Labute approximate surface area is 186 Å².